The standard InChI is InChI=1S/C10H13BrS/c1-7-8(5-6-12-7)9-3-2-4-10(9)11/h5-6,9-10H,2-4H2,1H3. The molecule has 1 aliphatic rings. The highest BCUT2D eigenvalue weighted by atomic mass is 79.9. The highest BCUT2D eigenvalue weighted by Crippen LogP contribution is 2.41. The summed E-state index contributed by atoms with van der Waals surface area (Å²) in [6, 6.07) is 2.30. The Morgan fingerprint density at radius 3 is 2.83 bits per heavy atom. The molecule has 12 heavy (non-hydrogen) atoms. The van der Waals surface area contributed by atoms with Crippen LogP contribution in [-0.4, -0.2) is 4.83 Å². The maximum atomic E-state index is 3.76. The topological polar surface area (TPSA) is 0 Å². The van der Waals surface area contributed by atoms with Crippen molar-refractivity contribution in [3.05, 3.63) is 21.9 Å². The van der Waals surface area contributed by atoms with Gasteiger partial charge in [0.15, 0.2) is 0 Å². The van der Waals surface area contributed by atoms with Crippen molar-refractivity contribution in [3.8, 4) is 0 Å². The first-order valence-electron chi connectivity index (χ1n) is 4.47. The van der Waals surface area contributed by atoms with Crippen molar-refractivity contribution >= 4 is 27.3 Å². The van der Waals surface area contributed by atoms with Crippen LogP contribution >= 0.6 is 27.3 Å². The van der Waals surface area contributed by atoms with Gasteiger partial charge in [0, 0.05) is 9.70 Å². The van der Waals surface area contributed by atoms with Crippen molar-refractivity contribution in [2.24, 2.45) is 0 Å². The van der Waals surface area contributed by atoms with Crippen LogP contribution in [0.3, 0.4) is 0 Å². The monoisotopic (exact) mass is 244 g/mol. The highest BCUT2D eigenvalue weighted by Gasteiger charge is 2.27. The maximum absolute atomic E-state index is 3.76. The lowest BCUT2D eigenvalue weighted by Crippen LogP contribution is -2.03. The van der Waals surface area contributed by atoms with Gasteiger partial charge in [-0.05, 0) is 42.7 Å². The van der Waals surface area contributed by atoms with E-state index in [-0.39, 0.29) is 0 Å². The van der Waals surface area contributed by atoms with E-state index in [2.05, 4.69) is 34.3 Å². The first-order valence-corrected chi connectivity index (χ1v) is 6.26. The number of halogens is 1. The second kappa shape index (κ2) is 3.51. The molecule has 1 aromatic heterocycles. The fourth-order valence-corrected chi connectivity index (χ4v) is 3.69. The number of rotatable bonds is 1. The summed E-state index contributed by atoms with van der Waals surface area (Å²) in [5.74, 6) is 0.788. The molecule has 0 amide bonds. The van der Waals surface area contributed by atoms with Gasteiger partial charge >= 0.3 is 0 Å². The van der Waals surface area contributed by atoms with E-state index in [0.29, 0.717) is 0 Å². The second-order valence-corrected chi connectivity index (χ2v) is 5.78. The third kappa shape index (κ3) is 1.47. The van der Waals surface area contributed by atoms with E-state index in [1.807, 2.05) is 11.3 Å². The van der Waals surface area contributed by atoms with Crippen LogP contribution in [0.5, 0.6) is 0 Å². The molecule has 2 rings (SSSR count). The van der Waals surface area contributed by atoms with Crippen LogP contribution in [-0.2, 0) is 0 Å². The Balaban J connectivity index is 2.24. The van der Waals surface area contributed by atoms with Crippen molar-refractivity contribution in [1.29, 1.82) is 0 Å². The van der Waals surface area contributed by atoms with Gasteiger partial charge in [0.1, 0.15) is 0 Å². The van der Waals surface area contributed by atoms with Crippen molar-refractivity contribution < 1.29 is 0 Å². The van der Waals surface area contributed by atoms with Crippen LogP contribution in [0.2, 0.25) is 0 Å². The lowest BCUT2D eigenvalue weighted by atomic mass is 9.99. The lowest BCUT2D eigenvalue weighted by molar-refractivity contribution is 0.741. The molecule has 0 nitrogen and oxygen atoms in total. The molecule has 2 atom stereocenters. The Morgan fingerprint density at radius 1 is 1.50 bits per heavy atom. The average Bonchev–Trinajstić information content (AvgIpc) is 2.59. The van der Waals surface area contributed by atoms with Gasteiger partial charge in [0.2, 0.25) is 0 Å². The molecule has 0 aromatic carbocycles. The van der Waals surface area contributed by atoms with Crippen molar-refractivity contribution in [1.82, 2.24) is 0 Å². The van der Waals surface area contributed by atoms with Crippen LogP contribution < -0.4 is 0 Å². The van der Waals surface area contributed by atoms with Gasteiger partial charge < -0.3 is 0 Å². The molecular formula is C10H13BrS. The van der Waals surface area contributed by atoms with E-state index in [1.165, 1.54) is 24.1 Å². The van der Waals surface area contributed by atoms with E-state index < -0.39 is 0 Å². The molecule has 0 saturated heterocycles. The molecule has 1 aromatic rings. The quantitative estimate of drug-likeness (QED) is 0.654. The number of hydrogen-bond donors (Lipinski definition) is 0. The fourth-order valence-electron chi connectivity index (χ4n) is 2.04. The third-order valence-corrected chi connectivity index (χ3v) is 4.69. The summed E-state index contributed by atoms with van der Waals surface area (Å²) in [6.45, 7) is 2.23. The molecule has 2 heteroatoms. The zero-order valence-corrected chi connectivity index (χ0v) is 9.62. The molecule has 1 fully saturated rings. The molecule has 0 spiro atoms. The number of thiophene rings is 1. The Kier molecular flexibility index (Phi) is 2.56. The SMILES string of the molecule is Cc1sccc1C1CCCC1Br. The second-order valence-electron chi connectivity index (χ2n) is 3.49. The normalized spacial score (nSPS) is 29.5. The van der Waals surface area contributed by atoms with Gasteiger partial charge in [-0.2, -0.15) is 0 Å². The van der Waals surface area contributed by atoms with Gasteiger partial charge in [-0.15, -0.1) is 11.3 Å². The summed E-state index contributed by atoms with van der Waals surface area (Å²) in [5.41, 5.74) is 1.58. The van der Waals surface area contributed by atoms with Crippen LogP contribution in [0.1, 0.15) is 35.6 Å². The van der Waals surface area contributed by atoms with E-state index in [9.17, 15) is 0 Å². The van der Waals surface area contributed by atoms with E-state index in [1.54, 1.807) is 5.56 Å². The Labute approximate surface area is 86.1 Å². The Morgan fingerprint density at radius 2 is 2.33 bits per heavy atom. The molecule has 0 radical (unpaired) electrons. The minimum absolute atomic E-state index is 0.728. The van der Waals surface area contributed by atoms with Crippen molar-refractivity contribution in [2.45, 2.75) is 36.9 Å². The maximum Gasteiger partial charge on any atom is 0.0214 e. The summed E-state index contributed by atoms with van der Waals surface area (Å²) in [5, 5.41) is 2.21. The Hall–Kier alpha value is 0.180. The molecule has 1 aliphatic carbocycles. The third-order valence-electron chi connectivity index (χ3n) is 2.73. The van der Waals surface area contributed by atoms with E-state index >= 15 is 0 Å². The average molecular weight is 245 g/mol. The predicted octanol–water partition coefficient (Wildman–Crippen LogP) is 4.09. The van der Waals surface area contributed by atoms with Gasteiger partial charge in [-0.1, -0.05) is 22.4 Å². The summed E-state index contributed by atoms with van der Waals surface area (Å²) in [4.78, 5) is 2.23. The number of hydrogen-bond acceptors (Lipinski definition) is 1. The smallest absolute Gasteiger partial charge is 0.0214 e. The van der Waals surface area contributed by atoms with Gasteiger partial charge in [-0.3, -0.25) is 0 Å². The highest BCUT2D eigenvalue weighted by molar-refractivity contribution is 9.09. The summed E-state index contributed by atoms with van der Waals surface area (Å²) in [7, 11) is 0. The molecular weight excluding hydrogens is 232 g/mol. The number of alkyl halides is 1. The lowest BCUT2D eigenvalue weighted by Gasteiger charge is -2.13. The minimum Gasteiger partial charge on any atom is -0.149 e. The summed E-state index contributed by atoms with van der Waals surface area (Å²) in [6.07, 6.45) is 4.10. The molecule has 0 N–H and O–H groups in total. The molecule has 1 heterocycles. The van der Waals surface area contributed by atoms with E-state index in [0.717, 1.165) is 10.7 Å². The Bertz CT molecular complexity index is 267. The molecule has 0 aliphatic heterocycles. The molecule has 66 valence electrons. The van der Waals surface area contributed by atoms with E-state index in [4.69, 9.17) is 0 Å². The fraction of sp³-hybridized carbons (Fsp3) is 0.600. The summed E-state index contributed by atoms with van der Waals surface area (Å²) >= 11 is 5.64. The predicted molar refractivity (Wildman–Crippen MR) is 58.4 cm³/mol. The first-order chi connectivity index (χ1) is 5.79. The van der Waals surface area contributed by atoms with Gasteiger partial charge in [0.05, 0.1) is 0 Å². The van der Waals surface area contributed by atoms with Crippen molar-refractivity contribution in [3.63, 3.8) is 0 Å². The zero-order chi connectivity index (χ0) is 8.55. The van der Waals surface area contributed by atoms with Crippen molar-refractivity contribution in [2.75, 3.05) is 0 Å². The van der Waals surface area contributed by atoms with Crippen LogP contribution in [0.15, 0.2) is 11.4 Å². The molecule has 0 bridgehead atoms. The minimum atomic E-state index is 0.728. The zero-order valence-electron chi connectivity index (χ0n) is 7.22. The molecule has 1 saturated carbocycles. The summed E-state index contributed by atoms with van der Waals surface area (Å²) < 4.78 is 0. The van der Waals surface area contributed by atoms with Gasteiger partial charge in [0.25, 0.3) is 0 Å². The number of aryl methyl sites for hydroxylation is 1. The largest absolute Gasteiger partial charge is 0.149 e. The molecule has 2 unspecified atom stereocenters. The van der Waals surface area contributed by atoms with Crippen LogP contribution in [0, 0.1) is 6.92 Å². The first kappa shape index (κ1) is 8.76. The van der Waals surface area contributed by atoms with Gasteiger partial charge in [-0.25, -0.2) is 0 Å². The van der Waals surface area contributed by atoms with Crippen LogP contribution in [0.25, 0.3) is 0 Å². The van der Waals surface area contributed by atoms with Crippen LogP contribution in [0.4, 0.5) is 0 Å².